The smallest absolute Gasteiger partial charge is 0.409 e. The van der Waals surface area contributed by atoms with Gasteiger partial charge in [0.2, 0.25) is 0 Å². The quantitative estimate of drug-likeness (QED) is 0.532. The number of likely N-dealkylation sites (tertiary alicyclic amines) is 1. The largest absolute Gasteiger partial charge is 0.450 e. The lowest BCUT2D eigenvalue weighted by Gasteiger charge is -2.32. The Morgan fingerprint density at radius 2 is 2.00 bits per heavy atom. The third-order valence-corrected chi connectivity index (χ3v) is 4.70. The lowest BCUT2D eigenvalue weighted by Crippen LogP contribution is -2.49. The second kappa shape index (κ2) is 8.38. The number of aliphatic imine (C=N–C) groups is 1. The molecule has 2 rings (SSSR count). The van der Waals surface area contributed by atoms with Crippen molar-refractivity contribution < 1.29 is 14.6 Å². The maximum Gasteiger partial charge on any atom is 0.409 e. The second-order valence-corrected chi connectivity index (χ2v) is 6.59. The fourth-order valence-corrected chi connectivity index (χ4v) is 3.28. The van der Waals surface area contributed by atoms with Gasteiger partial charge >= 0.3 is 6.09 Å². The first-order valence-electron chi connectivity index (χ1n) is 8.73. The maximum atomic E-state index is 11.6. The molecule has 0 spiro atoms. The number of piperidine rings is 1. The van der Waals surface area contributed by atoms with Gasteiger partial charge in [-0.1, -0.05) is 19.3 Å². The van der Waals surface area contributed by atoms with Crippen LogP contribution in [-0.2, 0) is 4.74 Å². The molecular weight excluding hydrogens is 296 g/mol. The van der Waals surface area contributed by atoms with Crippen LogP contribution in [0.5, 0.6) is 0 Å². The first-order valence-corrected chi connectivity index (χ1v) is 8.73. The van der Waals surface area contributed by atoms with E-state index in [-0.39, 0.29) is 12.1 Å². The Bertz CT molecular complexity index is 414. The summed E-state index contributed by atoms with van der Waals surface area (Å²) in [4.78, 5) is 17.7. The van der Waals surface area contributed by atoms with Gasteiger partial charge in [0.25, 0.3) is 0 Å². The molecule has 1 saturated heterocycles. The number of rotatable bonds is 4. The van der Waals surface area contributed by atoms with Crippen LogP contribution in [-0.4, -0.2) is 59.9 Å². The normalized spacial score (nSPS) is 22.7. The molecule has 0 aromatic carbocycles. The fourth-order valence-electron chi connectivity index (χ4n) is 3.28. The van der Waals surface area contributed by atoms with Crippen LogP contribution >= 0.6 is 0 Å². The molecule has 7 heteroatoms. The average molecular weight is 326 g/mol. The topological polar surface area (TPSA) is 100 Å². The maximum absolute atomic E-state index is 11.6. The van der Waals surface area contributed by atoms with Crippen molar-refractivity contribution in [2.24, 2.45) is 10.7 Å². The molecule has 2 fully saturated rings. The van der Waals surface area contributed by atoms with Gasteiger partial charge in [0.15, 0.2) is 5.96 Å². The summed E-state index contributed by atoms with van der Waals surface area (Å²) < 4.78 is 5.00. The van der Waals surface area contributed by atoms with Crippen LogP contribution in [0.15, 0.2) is 4.99 Å². The number of nitrogens with zero attached hydrogens (tertiary/aromatic N) is 2. The van der Waals surface area contributed by atoms with Crippen molar-refractivity contribution in [2.45, 2.75) is 63.5 Å². The molecule has 132 valence electrons. The van der Waals surface area contributed by atoms with E-state index in [2.05, 4.69) is 10.3 Å². The standard InChI is InChI=1S/C16H30N4O3/c1-2-23-15(21)20-10-6-13(7-11-20)19-14(17)18-12-16(22)8-4-3-5-9-16/h13,22H,2-12H2,1H3,(H3,17,18,19). The first kappa shape index (κ1) is 17.8. The molecule has 0 aromatic heterocycles. The number of aliphatic hydroxyl groups is 1. The lowest BCUT2D eigenvalue weighted by molar-refractivity contribution is 0.0131. The third kappa shape index (κ3) is 5.57. The van der Waals surface area contributed by atoms with E-state index in [1.807, 2.05) is 6.92 Å². The molecule has 0 bridgehead atoms. The summed E-state index contributed by atoms with van der Waals surface area (Å²) in [6.45, 7) is 3.90. The third-order valence-electron chi connectivity index (χ3n) is 4.70. The Morgan fingerprint density at radius 3 is 2.61 bits per heavy atom. The molecule has 1 amide bonds. The molecule has 0 aromatic rings. The van der Waals surface area contributed by atoms with E-state index in [0.29, 0.717) is 32.2 Å². The van der Waals surface area contributed by atoms with Gasteiger partial charge in [-0.2, -0.15) is 0 Å². The van der Waals surface area contributed by atoms with E-state index in [1.165, 1.54) is 6.42 Å². The number of amides is 1. The molecule has 0 radical (unpaired) electrons. The predicted molar refractivity (Wildman–Crippen MR) is 89.3 cm³/mol. The number of nitrogens with two attached hydrogens (primary N) is 1. The Balaban J connectivity index is 1.72. The van der Waals surface area contributed by atoms with Crippen LogP contribution in [0.25, 0.3) is 0 Å². The monoisotopic (exact) mass is 326 g/mol. The van der Waals surface area contributed by atoms with Crippen molar-refractivity contribution in [3.05, 3.63) is 0 Å². The molecule has 0 atom stereocenters. The van der Waals surface area contributed by atoms with Crippen LogP contribution in [0.2, 0.25) is 0 Å². The highest BCUT2D eigenvalue weighted by Gasteiger charge is 2.29. The molecule has 7 nitrogen and oxygen atoms in total. The molecule has 1 heterocycles. The summed E-state index contributed by atoms with van der Waals surface area (Å²) in [5, 5.41) is 13.6. The van der Waals surface area contributed by atoms with Gasteiger partial charge < -0.3 is 25.8 Å². The van der Waals surface area contributed by atoms with E-state index in [9.17, 15) is 9.90 Å². The number of ether oxygens (including phenoxy) is 1. The van der Waals surface area contributed by atoms with Crippen molar-refractivity contribution in [3.63, 3.8) is 0 Å². The zero-order valence-electron chi connectivity index (χ0n) is 14.1. The highest BCUT2D eigenvalue weighted by molar-refractivity contribution is 5.78. The summed E-state index contributed by atoms with van der Waals surface area (Å²) >= 11 is 0. The Morgan fingerprint density at radius 1 is 1.35 bits per heavy atom. The van der Waals surface area contributed by atoms with E-state index in [0.717, 1.165) is 38.5 Å². The Kier molecular flexibility index (Phi) is 6.50. The number of carbonyl (C=O) groups is 1. The van der Waals surface area contributed by atoms with Crippen LogP contribution in [0.1, 0.15) is 51.9 Å². The summed E-state index contributed by atoms with van der Waals surface area (Å²) in [6, 6.07) is 0.213. The zero-order valence-corrected chi connectivity index (χ0v) is 14.1. The first-order chi connectivity index (χ1) is 11.0. The molecule has 4 N–H and O–H groups in total. The van der Waals surface area contributed by atoms with Crippen LogP contribution < -0.4 is 11.1 Å². The van der Waals surface area contributed by atoms with Crippen molar-refractivity contribution in [1.82, 2.24) is 10.2 Å². The SMILES string of the molecule is CCOC(=O)N1CCC(NC(N)=NCC2(O)CCCCC2)CC1. The minimum atomic E-state index is -0.683. The average Bonchev–Trinajstić information content (AvgIpc) is 2.55. The summed E-state index contributed by atoms with van der Waals surface area (Å²) in [5.41, 5.74) is 5.26. The van der Waals surface area contributed by atoms with Gasteiger partial charge in [0.05, 0.1) is 18.8 Å². The summed E-state index contributed by atoms with van der Waals surface area (Å²) in [7, 11) is 0. The van der Waals surface area contributed by atoms with Gasteiger partial charge in [-0.3, -0.25) is 4.99 Å². The number of guanidine groups is 1. The van der Waals surface area contributed by atoms with Gasteiger partial charge in [0, 0.05) is 19.1 Å². The van der Waals surface area contributed by atoms with Crippen LogP contribution in [0.3, 0.4) is 0 Å². The second-order valence-electron chi connectivity index (χ2n) is 6.59. The molecule has 0 unspecified atom stereocenters. The molecular formula is C16H30N4O3. The summed E-state index contributed by atoms with van der Waals surface area (Å²) in [6.07, 6.45) is 6.32. The minimum absolute atomic E-state index is 0.213. The van der Waals surface area contributed by atoms with Gasteiger partial charge in [-0.05, 0) is 32.6 Å². The number of hydrogen-bond donors (Lipinski definition) is 3. The van der Waals surface area contributed by atoms with Gasteiger partial charge in [-0.25, -0.2) is 4.79 Å². The Hall–Kier alpha value is -1.50. The van der Waals surface area contributed by atoms with E-state index in [4.69, 9.17) is 10.5 Å². The van der Waals surface area contributed by atoms with Crippen molar-refractivity contribution in [1.29, 1.82) is 0 Å². The predicted octanol–water partition coefficient (Wildman–Crippen LogP) is 1.21. The molecule has 1 aliphatic carbocycles. The number of nitrogens with one attached hydrogen (secondary N) is 1. The van der Waals surface area contributed by atoms with Gasteiger partial charge in [-0.15, -0.1) is 0 Å². The van der Waals surface area contributed by atoms with Crippen molar-refractivity contribution in [3.8, 4) is 0 Å². The fraction of sp³-hybridized carbons (Fsp3) is 0.875. The zero-order chi connectivity index (χ0) is 16.7. The van der Waals surface area contributed by atoms with Gasteiger partial charge in [0.1, 0.15) is 0 Å². The molecule has 1 saturated carbocycles. The van der Waals surface area contributed by atoms with Crippen LogP contribution in [0.4, 0.5) is 4.79 Å². The lowest BCUT2D eigenvalue weighted by atomic mass is 9.85. The van der Waals surface area contributed by atoms with E-state index < -0.39 is 5.60 Å². The number of carbonyl (C=O) groups excluding carboxylic acids is 1. The van der Waals surface area contributed by atoms with E-state index >= 15 is 0 Å². The molecule has 2 aliphatic rings. The number of hydrogen-bond acceptors (Lipinski definition) is 4. The molecule has 1 aliphatic heterocycles. The molecule has 23 heavy (non-hydrogen) atoms. The highest BCUT2D eigenvalue weighted by Crippen LogP contribution is 2.28. The van der Waals surface area contributed by atoms with Crippen molar-refractivity contribution in [2.75, 3.05) is 26.2 Å². The van der Waals surface area contributed by atoms with E-state index in [1.54, 1.807) is 4.90 Å². The highest BCUT2D eigenvalue weighted by atomic mass is 16.6. The van der Waals surface area contributed by atoms with Crippen LogP contribution in [0, 0.1) is 0 Å². The summed E-state index contributed by atoms with van der Waals surface area (Å²) in [5.74, 6) is 0.388. The minimum Gasteiger partial charge on any atom is -0.450 e. The Labute approximate surface area is 138 Å². The van der Waals surface area contributed by atoms with Crippen molar-refractivity contribution >= 4 is 12.1 Å².